The second-order valence-electron chi connectivity index (χ2n) is 12.8. The van der Waals surface area contributed by atoms with Crippen molar-refractivity contribution in [2.24, 2.45) is 0 Å². The zero-order valence-electron chi connectivity index (χ0n) is 29.8. The van der Waals surface area contributed by atoms with E-state index in [4.69, 9.17) is 0 Å². The van der Waals surface area contributed by atoms with E-state index < -0.39 is 15.6 Å². The number of halogens is 12. The number of pyridine rings is 4. The number of nitrogens with zero attached hydrogens (tertiary/aromatic N) is 4. The van der Waals surface area contributed by atoms with E-state index in [2.05, 4.69) is 141 Å². The minimum atomic E-state index is -10.7. The molecule has 0 aliphatic heterocycles. The van der Waals surface area contributed by atoms with E-state index in [0.29, 0.717) is 0 Å². The summed E-state index contributed by atoms with van der Waals surface area (Å²) in [6.07, 6.45) is 24.5. The number of aromatic nitrogens is 4. The van der Waals surface area contributed by atoms with Gasteiger partial charge in [0.25, 0.3) is 0 Å². The maximum atomic E-state index is 9.87. The second kappa shape index (κ2) is 15.2. The molecule has 4 heterocycles. The molecule has 0 N–H and O–H groups in total. The topological polar surface area (TPSA) is 33.5 Å². The van der Waals surface area contributed by atoms with Crippen LogP contribution in [-0.2, 0) is 13.1 Å². The van der Waals surface area contributed by atoms with Gasteiger partial charge < -0.3 is 0 Å². The van der Waals surface area contributed by atoms with Crippen LogP contribution in [0.1, 0.15) is 33.4 Å². The molecule has 0 unspecified atom stereocenters. The molecule has 58 heavy (non-hydrogen) atoms. The van der Waals surface area contributed by atoms with Crippen LogP contribution in [0.3, 0.4) is 0 Å². The number of hydrogen-bond acceptors (Lipinski definition) is 2. The van der Waals surface area contributed by atoms with Gasteiger partial charge in [0.05, 0.1) is 0 Å². The molecule has 0 spiro atoms. The Balaban J connectivity index is 0.000000393. The molecule has 18 heteroatoms. The normalized spacial score (nSPS) is 14.4. The third-order valence-corrected chi connectivity index (χ3v) is 8.02. The van der Waals surface area contributed by atoms with Crippen LogP contribution >= 0.6 is 15.6 Å². The Morgan fingerprint density at radius 1 is 0.362 bits per heavy atom. The first-order valence-electron chi connectivity index (χ1n) is 16.9. The van der Waals surface area contributed by atoms with E-state index in [1.54, 1.807) is 0 Å². The van der Waals surface area contributed by atoms with Gasteiger partial charge in [-0.15, -0.1) is 0 Å². The summed E-state index contributed by atoms with van der Waals surface area (Å²) in [4.78, 5) is 8.19. The third kappa shape index (κ3) is 16.4. The first kappa shape index (κ1) is 43.4. The van der Waals surface area contributed by atoms with Gasteiger partial charge in [-0.1, -0.05) is 72.8 Å². The molecule has 0 radical (unpaired) electrons. The van der Waals surface area contributed by atoms with Gasteiger partial charge in [-0.05, 0) is 68.1 Å². The van der Waals surface area contributed by atoms with Gasteiger partial charge in [0.2, 0.25) is 0 Å². The second-order valence-corrected chi connectivity index (χ2v) is 16.6. The van der Waals surface area contributed by atoms with Crippen molar-refractivity contribution in [2.75, 3.05) is 0 Å². The molecule has 0 saturated carbocycles. The average molecular weight is 859 g/mol. The van der Waals surface area contributed by atoms with Crippen LogP contribution in [-0.4, -0.2) is 9.97 Å². The van der Waals surface area contributed by atoms with Crippen molar-refractivity contribution in [3.05, 3.63) is 180 Å². The van der Waals surface area contributed by atoms with Crippen LogP contribution in [0.2, 0.25) is 0 Å². The van der Waals surface area contributed by atoms with Crippen molar-refractivity contribution >= 4 is 61.5 Å². The number of fused-ring (bicyclic) bond motifs is 2. The van der Waals surface area contributed by atoms with E-state index in [1.165, 1.54) is 43.8 Å². The molecule has 306 valence electrons. The van der Waals surface area contributed by atoms with E-state index in [-0.39, 0.29) is 0 Å². The van der Waals surface area contributed by atoms with Crippen molar-refractivity contribution in [1.82, 2.24) is 9.97 Å². The Morgan fingerprint density at radius 3 is 0.828 bits per heavy atom. The number of hydrogen-bond donors (Lipinski definition) is 0. The van der Waals surface area contributed by atoms with Crippen molar-refractivity contribution < 1.29 is 59.5 Å². The van der Waals surface area contributed by atoms with Gasteiger partial charge in [0.1, 0.15) is 0 Å². The van der Waals surface area contributed by atoms with E-state index in [9.17, 15) is 50.4 Å². The van der Waals surface area contributed by atoms with Crippen LogP contribution in [0, 0.1) is 0 Å². The van der Waals surface area contributed by atoms with Crippen LogP contribution in [0.25, 0.3) is 45.8 Å². The fraction of sp³-hybridized carbons (Fsp3) is 0.0500. The molecule has 4 aromatic heterocycles. The molecular weight excluding hydrogens is 826 g/mol. The van der Waals surface area contributed by atoms with Crippen LogP contribution in [0.15, 0.2) is 147 Å². The third-order valence-electron chi connectivity index (χ3n) is 8.02. The molecule has 0 atom stereocenters. The summed E-state index contributed by atoms with van der Waals surface area (Å²) in [6.45, 7) is 1.59. The summed E-state index contributed by atoms with van der Waals surface area (Å²) >= 11 is 0. The summed E-state index contributed by atoms with van der Waals surface area (Å²) in [5.41, 5.74) is 7.29. The van der Waals surface area contributed by atoms with Gasteiger partial charge >= 0.3 is 66.0 Å². The summed E-state index contributed by atoms with van der Waals surface area (Å²) < 4.78 is 123. The van der Waals surface area contributed by atoms with Crippen LogP contribution in [0.4, 0.5) is 50.4 Å². The predicted molar refractivity (Wildman–Crippen MR) is 206 cm³/mol. The van der Waals surface area contributed by atoms with Gasteiger partial charge in [0, 0.05) is 60.2 Å². The summed E-state index contributed by atoms with van der Waals surface area (Å²) in [5, 5.41) is 5.20. The zero-order valence-corrected chi connectivity index (χ0v) is 31.6. The minimum absolute atomic E-state index is 0.793. The molecule has 0 amide bonds. The number of benzene rings is 3. The first-order chi connectivity index (χ1) is 26.7. The Labute approximate surface area is 323 Å². The van der Waals surface area contributed by atoms with E-state index in [1.807, 2.05) is 49.1 Å². The molecule has 0 saturated heterocycles. The molecule has 0 aliphatic rings. The Bertz CT molecular complexity index is 2310. The van der Waals surface area contributed by atoms with Crippen molar-refractivity contribution in [2.45, 2.75) is 13.1 Å². The summed E-state index contributed by atoms with van der Waals surface area (Å²) in [7, 11) is -21.3. The fourth-order valence-electron chi connectivity index (χ4n) is 5.72. The van der Waals surface area contributed by atoms with E-state index >= 15 is 0 Å². The van der Waals surface area contributed by atoms with Gasteiger partial charge in [-0.25, -0.2) is 9.13 Å². The number of rotatable bonds is 8. The molecule has 4 nitrogen and oxygen atoms in total. The maximum absolute atomic E-state index is 10.7. The van der Waals surface area contributed by atoms with E-state index in [0.717, 1.165) is 24.2 Å². The Morgan fingerprint density at radius 2 is 0.586 bits per heavy atom. The summed E-state index contributed by atoms with van der Waals surface area (Å²) in [6, 6.07) is 34.4. The molecule has 7 aromatic rings. The molecule has 3 aromatic carbocycles. The molecular formula is C40H32F12N4P2. The fourth-order valence-corrected chi connectivity index (χ4v) is 5.72. The van der Waals surface area contributed by atoms with Crippen molar-refractivity contribution in [1.29, 1.82) is 0 Å². The van der Waals surface area contributed by atoms with Crippen molar-refractivity contribution in [3.8, 4) is 0 Å². The van der Waals surface area contributed by atoms with Crippen LogP contribution < -0.4 is 9.13 Å². The van der Waals surface area contributed by atoms with Gasteiger partial charge in [-0.3, -0.25) is 9.97 Å². The first-order valence-corrected chi connectivity index (χ1v) is 20.9. The SMILES string of the molecule is C(=C\c1cc[n+](Cc2c3ccccc3c(C[n+]3ccc(/C=C/c4ccncc4)cc3)c3ccccc23)cc1)/c1ccncc1.F[P-](F)(F)(F)(F)F.F[P-](F)(F)(F)(F)F. The molecule has 7 rings (SSSR count). The van der Waals surface area contributed by atoms with Gasteiger partial charge in [-0.2, -0.15) is 0 Å². The molecule has 0 aliphatic carbocycles. The summed E-state index contributed by atoms with van der Waals surface area (Å²) in [5.74, 6) is 0. The molecule has 0 fully saturated rings. The Kier molecular flexibility index (Phi) is 11.4. The molecule has 0 bridgehead atoms. The van der Waals surface area contributed by atoms with Gasteiger partial charge in [0.15, 0.2) is 37.9 Å². The average Bonchev–Trinajstić information content (AvgIpc) is 3.14. The predicted octanol–water partition coefficient (Wildman–Crippen LogP) is 14.6. The van der Waals surface area contributed by atoms with Crippen molar-refractivity contribution in [3.63, 3.8) is 0 Å². The van der Waals surface area contributed by atoms with Crippen LogP contribution in [0.5, 0.6) is 0 Å². The quantitative estimate of drug-likeness (QED) is 0.0660. The monoisotopic (exact) mass is 858 g/mol. The standard InChI is InChI=1S/C40H32N4.2F6P/c1-2-6-36-35(5-1)39(29-43-25-17-33(18-26-43)11-9-31-13-21-41-22-14-31)37-7-3-4-8-38(37)40(36)30-44-27-19-34(20-28-44)12-10-32-15-23-42-24-16-32;2*1-7(2,3,4,5)6/h1-28H,29-30H2;;/q+2;2*-1/b11-9+,12-10+;;. The zero-order chi connectivity index (χ0) is 42.4. The Hall–Kier alpha value is -5.72.